The van der Waals surface area contributed by atoms with Crippen molar-refractivity contribution in [3.05, 3.63) is 29.3 Å². The van der Waals surface area contributed by atoms with E-state index in [1.807, 2.05) is 0 Å². The van der Waals surface area contributed by atoms with Crippen molar-refractivity contribution in [2.24, 2.45) is 4.99 Å². The highest BCUT2D eigenvalue weighted by Crippen LogP contribution is 2.20. The molecule has 1 atom stereocenters. The number of halogens is 4. The predicted molar refractivity (Wildman–Crippen MR) is 92.3 cm³/mol. The number of ether oxygens (including phenoxy) is 1. The van der Waals surface area contributed by atoms with Gasteiger partial charge in [-0.25, -0.2) is 0 Å². The Balaban J connectivity index is 1.66. The standard InChI is InChI=1S/C16H22ClF3N4O/c1-21-15(22-7-9-25-14-4-2-12(17)3-5-14)23-13-6-8-24(10-13)11-16(18,19)20/h2-5,13H,6-11H2,1H3,(H2,21,22,23). The first-order valence-electron chi connectivity index (χ1n) is 8.00. The van der Waals surface area contributed by atoms with Crippen LogP contribution in [0.3, 0.4) is 0 Å². The summed E-state index contributed by atoms with van der Waals surface area (Å²) in [5, 5.41) is 6.88. The lowest BCUT2D eigenvalue weighted by Gasteiger charge is -2.19. The van der Waals surface area contributed by atoms with Crippen molar-refractivity contribution in [2.75, 3.05) is 39.8 Å². The van der Waals surface area contributed by atoms with Crippen LogP contribution in [0.15, 0.2) is 29.3 Å². The van der Waals surface area contributed by atoms with Crippen LogP contribution in [0.5, 0.6) is 5.75 Å². The van der Waals surface area contributed by atoms with Crippen LogP contribution in [-0.4, -0.2) is 62.9 Å². The van der Waals surface area contributed by atoms with Crippen LogP contribution in [0.4, 0.5) is 13.2 Å². The van der Waals surface area contributed by atoms with Crippen molar-refractivity contribution in [1.82, 2.24) is 15.5 Å². The molecule has 1 aromatic carbocycles. The largest absolute Gasteiger partial charge is 0.492 e. The molecule has 2 rings (SSSR count). The first-order chi connectivity index (χ1) is 11.9. The van der Waals surface area contributed by atoms with Crippen molar-refractivity contribution >= 4 is 17.6 Å². The fraction of sp³-hybridized carbons (Fsp3) is 0.562. The quantitative estimate of drug-likeness (QED) is 0.454. The van der Waals surface area contributed by atoms with E-state index < -0.39 is 12.7 Å². The Morgan fingerprint density at radius 1 is 1.36 bits per heavy atom. The lowest BCUT2D eigenvalue weighted by Crippen LogP contribution is -2.46. The number of nitrogens with zero attached hydrogens (tertiary/aromatic N) is 2. The zero-order valence-electron chi connectivity index (χ0n) is 13.9. The fourth-order valence-corrected chi connectivity index (χ4v) is 2.73. The summed E-state index contributed by atoms with van der Waals surface area (Å²) in [5.74, 6) is 1.27. The van der Waals surface area contributed by atoms with Crippen LogP contribution >= 0.6 is 11.6 Å². The van der Waals surface area contributed by atoms with Crippen LogP contribution in [0.25, 0.3) is 0 Å². The molecule has 0 bridgehead atoms. The van der Waals surface area contributed by atoms with E-state index >= 15 is 0 Å². The lowest BCUT2D eigenvalue weighted by molar-refractivity contribution is -0.143. The Hall–Kier alpha value is -1.67. The van der Waals surface area contributed by atoms with Crippen molar-refractivity contribution in [3.8, 4) is 5.75 Å². The number of hydrogen-bond donors (Lipinski definition) is 2. The van der Waals surface area contributed by atoms with Gasteiger partial charge in [0, 0.05) is 31.2 Å². The van der Waals surface area contributed by atoms with E-state index in [1.54, 1.807) is 31.3 Å². The van der Waals surface area contributed by atoms with Gasteiger partial charge in [0.2, 0.25) is 0 Å². The first-order valence-corrected chi connectivity index (χ1v) is 8.38. The molecular formula is C16H22ClF3N4O. The molecule has 9 heteroatoms. The summed E-state index contributed by atoms with van der Waals surface area (Å²) >= 11 is 5.80. The molecule has 1 unspecified atom stereocenters. The van der Waals surface area contributed by atoms with Crippen LogP contribution in [0, 0.1) is 0 Å². The highest BCUT2D eigenvalue weighted by Gasteiger charge is 2.34. The minimum absolute atomic E-state index is 0.0502. The minimum Gasteiger partial charge on any atom is -0.492 e. The van der Waals surface area contributed by atoms with Crippen LogP contribution < -0.4 is 15.4 Å². The van der Waals surface area contributed by atoms with Gasteiger partial charge in [-0.2, -0.15) is 13.2 Å². The molecule has 2 N–H and O–H groups in total. The average molecular weight is 379 g/mol. The Labute approximate surface area is 150 Å². The molecule has 0 aliphatic carbocycles. The zero-order valence-corrected chi connectivity index (χ0v) is 14.7. The third-order valence-corrected chi connectivity index (χ3v) is 3.97. The van der Waals surface area contributed by atoms with Crippen LogP contribution in [-0.2, 0) is 0 Å². The summed E-state index contributed by atoms with van der Waals surface area (Å²) in [6, 6.07) is 7.01. The van der Waals surface area contributed by atoms with Crippen molar-refractivity contribution in [1.29, 1.82) is 0 Å². The van der Waals surface area contributed by atoms with Gasteiger partial charge in [0.25, 0.3) is 0 Å². The molecule has 1 fully saturated rings. The predicted octanol–water partition coefficient (Wildman–Crippen LogP) is 2.52. The van der Waals surface area contributed by atoms with E-state index in [4.69, 9.17) is 16.3 Å². The summed E-state index contributed by atoms with van der Waals surface area (Å²) in [7, 11) is 1.62. The normalized spacial score (nSPS) is 19.1. The minimum atomic E-state index is -4.16. The Morgan fingerprint density at radius 2 is 2.08 bits per heavy atom. The molecule has 25 heavy (non-hydrogen) atoms. The third-order valence-electron chi connectivity index (χ3n) is 3.72. The molecule has 1 aromatic rings. The maximum atomic E-state index is 12.4. The maximum absolute atomic E-state index is 12.4. The third kappa shape index (κ3) is 7.39. The number of benzene rings is 1. The second kappa shape index (κ2) is 9.15. The van der Waals surface area contributed by atoms with E-state index in [0.29, 0.717) is 49.4 Å². The lowest BCUT2D eigenvalue weighted by atomic mass is 10.3. The molecule has 1 aliphatic heterocycles. The van der Waals surface area contributed by atoms with Gasteiger partial charge in [-0.1, -0.05) is 11.6 Å². The van der Waals surface area contributed by atoms with Gasteiger partial charge < -0.3 is 15.4 Å². The summed E-state index contributed by atoms with van der Waals surface area (Å²) in [5.41, 5.74) is 0. The van der Waals surface area contributed by atoms with Gasteiger partial charge in [0.1, 0.15) is 12.4 Å². The fourth-order valence-electron chi connectivity index (χ4n) is 2.60. The highest BCUT2D eigenvalue weighted by atomic mass is 35.5. The van der Waals surface area contributed by atoms with E-state index in [-0.39, 0.29) is 6.04 Å². The molecule has 140 valence electrons. The van der Waals surface area contributed by atoms with Gasteiger partial charge in [-0.05, 0) is 30.7 Å². The number of aliphatic imine (C=N–C) groups is 1. The van der Waals surface area contributed by atoms with Crippen molar-refractivity contribution in [2.45, 2.75) is 18.6 Å². The molecule has 0 saturated carbocycles. The van der Waals surface area contributed by atoms with Gasteiger partial charge in [-0.3, -0.25) is 9.89 Å². The number of hydrogen-bond acceptors (Lipinski definition) is 3. The number of rotatable bonds is 6. The van der Waals surface area contributed by atoms with Crippen LogP contribution in [0.2, 0.25) is 5.02 Å². The second-order valence-corrected chi connectivity index (χ2v) is 6.22. The van der Waals surface area contributed by atoms with Gasteiger partial charge in [0.15, 0.2) is 5.96 Å². The van der Waals surface area contributed by atoms with Crippen LogP contribution in [0.1, 0.15) is 6.42 Å². The van der Waals surface area contributed by atoms with E-state index in [1.165, 1.54) is 4.90 Å². The number of alkyl halides is 3. The second-order valence-electron chi connectivity index (χ2n) is 5.78. The summed E-state index contributed by atoms with van der Waals surface area (Å²) in [6.07, 6.45) is -3.51. The van der Waals surface area contributed by atoms with E-state index in [2.05, 4.69) is 15.6 Å². The zero-order chi connectivity index (χ0) is 18.3. The van der Waals surface area contributed by atoms with Gasteiger partial charge in [0.05, 0.1) is 13.1 Å². The maximum Gasteiger partial charge on any atom is 0.401 e. The summed E-state index contributed by atoms with van der Waals surface area (Å²) in [6.45, 7) is 0.843. The van der Waals surface area contributed by atoms with E-state index in [0.717, 1.165) is 0 Å². The number of nitrogens with one attached hydrogen (secondary N) is 2. The number of likely N-dealkylation sites (tertiary alicyclic amines) is 1. The Morgan fingerprint density at radius 3 is 2.72 bits per heavy atom. The summed E-state index contributed by atoms with van der Waals surface area (Å²) in [4.78, 5) is 5.49. The molecule has 0 spiro atoms. The Kier molecular flexibility index (Phi) is 7.19. The average Bonchev–Trinajstić information content (AvgIpc) is 2.97. The topological polar surface area (TPSA) is 48.9 Å². The molecular weight excluding hydrogens is 357 g/mol. The first kappa shape index (κ1) is 19.7. The summed E-state index contributed by atoms with van der Waals surface area (Å²) < 4.78 is 42.8. The molecule has 0 amide bonds. The molecule has 1 aliphatic rings. The van der Waals surface area contributed by atoms with Crippen molar-refractivity contribution in [3.63, 3.8) is 0 Å². The number of guanidine groups is 1. The van der Waals surface area contributed by atoms with E-state index in [9.17, 15) is 13.2 Å². The molecule has 0 radical (unpaired) electrons. The smallest absolute Gasteiger partial charge is 0.401 e. The monoisotopic (exact) mass is 378 g/mol. The molecule has 1 saturated heterocycles. The molecule has 0 aromatic heterocycles. The van der Waals surface area contributed by atoms with Crippen molar-refractivity contribution < 1.29 is 17.9 Å². The Bertz CT molecular complexity index is 565. The van der Waals surface area contributed by atoms with Gasteiger partial charge >= 0.3 is 6.18 Å². The molecule has 1 heterocycles. The molecule has 5 nitrogen and oxygen atoms in total. The SMILES string of the molecule is CN=C(NCCOc1ccc(Cl)cc1)NC1CCN(CC(F)(F)F)C1. The van der Waals surface area contributed by atoms with Gasteiger partial charge in [-0.15, -0.1) is 0 Å². The highest BCUT2D eigenvalue weighted by molar-refractivity contribution is 6.30.